The summed E-state index contributed by atoms with van der Waals surface area (Å²) in [6.07, 6.45) is 18.0. The summed E-state index contributed by atoms with van der Waals surface area (Å²) in [5.41, 5.74) is 0. The van der Waals surface area contributed by atoms with Gasteiger partial charge in [-0.05, 0) is 12.8 Å². The Morgan fingerprint density at radius 1 is 0.826 bits per heavy atom. The fraction of sp³-hybridized carbons (Fsp3) is 0.789. The minimum absolute atomic E-state index is 0.0540. The second-order valence-corrected chi connectivity index (χ2v) is 6.02. The van der Waals surface area contributed by atoms with Gasteiger partial charge in [0, 0.05) is 0 Å². The van der Waals surface area contributed by atoms with Gasteiger partial charge in [0.15, 0.2) is 0 Å². The van der Waals surface area contributed by atoms with E-state index in [1.54, 1.807) is 0 Å². The van der Waals surface area contributed by atoms with E-state index in [0.29, 0.717) is 0 Å². The Balaban J connectivity index is 3.22. The van der Waals surface area contributed by atoms with Gasteiger partial charge in [0.05, 0.1) is 12.8 Å². The highest BCUT2D eigenvalue weighted by Gasteiger charge is 2.04. The van der Waals surface area contributed by atoms with Crippen LogP contribution in [0.4, 0.5) is 0 Å². The van der Waals surface area contributed by atoms with Crippen LogP contribution in [0.1, 0.15) is 90.4 Å². The van der Waals surface area contributed by atoms with Gasteiger partial charge in [-0.3, -0.25) is 9.59 Å². The molecular weight excluding hydrogens is 292 g/mol. The maximum atomic E-state index is 11.1. The van der Waals surface area contributed by atoms with Crippen molar-refractivity contribution in [2.75, 3.05) is 6.61 Å². The highest BCUT2D eigenvalue weighted by atomic mass is 16.5. The number of ether oxygens (including phenoxy) is 1. The fourth-order valence-electron chi connectivity index (χ4n) is 2.36. The Hall–Kier alpha value is -1.32. The first-order chi connectivity index (χ1) is 11.2. The minimum atomic E-state index is -0.974. The number of carbonyl (C=O) groups is 2. The van der Waals surface area contributed by atoms with Gasteiger partial charge in [0.25, 0.3) is 0 Å². The number of aliphatic carboxylic acids is 1. The van der Waals surface area contributed by atoms with E-state index in [4.69, 9.17) is 9.84 Å². The fourth-order valence-corrected chi connectivity index (χ4v) is 2.36. The molecule has 0 fully saturated rings. The van der Waals surface area contributed by atoms with Gasteiger partial charge in [-0.25, -0.2) is 0 Å². The number of rotatable bonds is 16. The van der Waals surface area contributed by atoms with Crippen molar-refractivity contribution in [1.82, 2.24) is 0 Å². The summed E-state index contributed by atoms with van der Waals surface area (Å²) in [6.45, 7) is 2.49. The third-order valence-corrected chi connectivity index (χ3v) is 3.77. The van der Waals surface area contributed by atoms with Crippen LogP contribution in [-0.2, 0) is 14.3 Å². The molecule has 0 rings (SSSR count). The van der Waals surface area contributed by atoms with E-state index in [0.717, 1.165) is 6.42 Å². The molecular formula is C19H34O4. The Morgan fingerprint density at radius 2 is 1.39 bits per heavy atom. The van der Waals surface area contributed by atoms with Crippen LogP contribution in [0.3, 0.4) is 0 Å². The van der Waals surface area contributed by atoms with Crippen LogP contribution in [0.2, 0.25) is 0 Å². The SMILES string of the molecule is CCCCCCCCCCCCC=CCOC(=O)CCC(=O)O. The number of carboxylic acid groups (broad SMARTS) is 1. The number of hydrogen-bond acceptors (Lipinski definition) is 3. The minimum Gasteiger partial charge on any atom is -0.481 e. The number of hydrogen-bond donors (Lipinski definition) is 1. The summed E-state index contributed by atoms with van der Waals surface area (Å²) >= 11 is 0. The molecule has 0 aromatic heterocycles. The zero-order chi connectivity index (χ0) is 17.2. The molecule has 4 heteroatoms. The number of allylic oxidation sites excluding steroid dienone is 1. The molecule has 134 valence electrons. The first kappa shape index (κ1) is 21.7. The van der Waals surface area contributed by atoms with Crippen LogP contribution in [0.5, 0.6) is 0 Å². The van der Waals surface area contributed by atoms with Crippen LogP contribution in [0.15, 0.2) is 12.2 Å². The zero-order valence-corrected chi connectivity index (χ0v) is 14.7. The first-order valence-electron chi connectivity index (χ1n) is 9.19. The zero-order valence-electron chi connectivity index (χ0n) is 14.7. The molecule has 0 bridgehead atoms. The second kappa shape index (κ2) is 17.0. The monoisotopic (exact) mass is 326 g/mol. The average molecular weight is 326 g/mol. The highest BCUT2D eigenvalue weighted by molar-refractivity contribution is 5.76. The third-order valence-electron chi connectivity index (χ3n) is 3.77. The topological polar surface area (TPSA) is 63.6 Å². The molecule has 0 aliphatic heterocycles. The molecule has 0 amide bonds. The van der Waals surface area contributed by atoms with Gasteiger partial charge in [-0.1, -0.05) is 76.9 Å². The molecule has 0 atom stereocenters. The summed E-state index contributed by atoms with van der Waals surface area (Å²) in [5.74, 6) is -1.42. The van der Waals surface area contributed by atoms with Crippen molar-refractivity contribution in [3.8, 4) is 0 Å². The molecule has 0 aromatic rings. The van der Waals surface area contributed by atoms with E-state index in [1.165, 1.54) is 64.2 Å². The maximum absolute atomic E-state index is 11.1. The summed E-state index contributed by atoms with van der Waals surface area (Å²) in [7, 11) is 0. The molecule has 0 saturated carbocycles. The lowest BCUT2D eigenvalue weighted by Gasteiger charge is -2.01. The van der Waals surface area contributed by atoms with E-state index in [-0.39, 0.29) is 19.4 Å². The van der Waals surface area contributed by atoms with Gasteiger partial charge >= 0.3 is 11.9 Å². The Morgan fingerprint density at radius 3 is 1.96 bits per heavy atom. The second-order valence-electron chi connectivity index (χ2n) is 6.02. The predicted molar refractivity (Wildman–Crippen MR) is 93.4 cm³/mol. The summed E-state index contributed by atoms with van der Waals surface area (Å²) in [4.78, 5) is 21.4. The molecule has 0 aliphatic rings. The first-order valence-corrected chi connectivity index (χ1v) is 9.19. The van der Waals surface area contributed by atoms with E-state index >= 15 is 0 Å². The Bertz CT molecular complexity index is 323. The van der Waals surface area contributed by atoms with Gasteiger partial charge in [-0.2, -0.15) is 0 Å². The molecule has 0 spiro atoms. The largest absolute Gasteiger partial charge is 0.481 e. The van der Waals surface area contributed by atoms with Crippen LogP contribution in [0.25, 0.3) is 0 Å². The number of carbonyl (C=O) groups excluding carboxylic acids is 1. The average Bonchev–Trinajstić information content (AvgIpc) is 2.53. The van der Waals surface area contributed by atoms with Gasteiger partial charge in [0.2, 0.25) is 0 Å². The lowest BCUT2D eigenvalue weighted by Crippen LogP contribution is -2.07. The van der Waals surface area contributed by atoms with Crippen molar-refractivity contribution in [3.63, 3.8) is 0 Å². The molecule has 4 nitrogen and oxygen atoms in total. The molecule has 0 heterocycles. The number of esters is 1. The summed E-state index contributed by atoms with van der Waals surface area (Å²) < 4.78 is 4.90. The normalized spacial score (nSPS) is 11.0. The van der Waals surface area contributed by atoms with Crippen molar-refractivity contribution < 1.29 is 19.4 Å². The van der Waals surface area contributed by atoms with Crippen LogP contribution >= 0.6 is 0 Å². The summed E-state index contributed by atoms with van der Waals surface area (Å²) in [6, 6.07) is 0. The predicted octanol–water partition coefficient (Wildman–Crippen LogP) is 5.26. The molecule has 0 aliphatic carbocycles. The van der Waals surface area contributed by atoms with Gasteiger partial charge < -0.3 is 9.84 Å². The molecule has 0 unspecified atom stereocenters. The van der Waals surface area contributed by atoms with Crippen LogP contribution in [-0.4, -0.2) is 23.7 Å². The van der Waals surface area contributed by atoms with Crippen molar-refractivity contribution >= 4 is 11.9 Å². The highest BCUT2D eigenvalue weighted by Crippen LogP contribution is 2.11. The standard InChI is InChI=1S/C19H34O4/c1-2-3-4-5-6-7-8-9-10-11-12-13-14-17-23-19(22)16-15-18(20)21/h13-14H,2-12,15-17H2,1H3,(H,20,21). The smallest absolute Gasteiger partial charge is 0.306 e. The number of carboxylic acids is 1. The van der Waals surface area contributed by atoms with E-state index in [1.807, 2.05) is 12.2 Å². The van der Waals surface area contributed by atoms with Crippen molar-refractivity contribution in [1.29, 1.82) is 0 Å². The van der Waals surface area contributed by atoms with Gasteiger partial charge in [0.1, 0.15) is 6.61 Å². The van der Waals surface area contributed by atoms with Crippen molar-refractivity contribution in [2.24, 2.45) is 0 Å². The van der Waals surface area contributed by atoms with Crippen molar-refractivity contribution in [3.05, 3.63) is 12.2 Å². The third kappa shape index (κ3) is 18.6. The van der Waals surface area contributed by atoms with Crippen molar-refractivity contribution in [2.45, 2.75) is 90.4 Å². The molecule has 23 heavy (non-hydrogen) atoms. The molecule has 0 radical (unpaired) electrons. The lowest BCUT2D eigenvalue weighted by molar-refractivity contribution is -0.146. The van der Waals surface area contributed by atoms with E-state index < -0.39 is 11.9 Å². The molecule has 1 N–H and O–H groups in total. The van der Waals surface area contributed by atoms with E-state index in [2.05, 4.69) is 6.92 Å². The van der Waals surface area contributed by atoms with Gasteiger partial charge in [-0.15, -0.1) is 0 Å². The number of unbranched alkanes of at least 4 members (excludes halogenated alkanes) is 10. The van der Waals surface area contributed by atoms with Crippen LogP contribution < -0.4 is 0 Å². The van der Waals surface area contributed by atoms with Crippen LogP contribution in [0, 0.1) is 0 Å². The quantitative estimate of drug-likeness (QED) is 0.239. The van der Waals surface area contributed by atoms with E-state index in [9.17, 15) is 9.59 Å². The Kier molecular flexibility index (Phi) is 16.1. The Labute approximate surface area is 141 Å². The lowest BCUT2D eigenvalue weighted by atomic mass is 10.1. The molecule has 0 saturated heterocycles. The molecule has 0 aromatic carbocycles. The summed E-state index contributed by atoms with van der Waals surface area (Å²) in [5, 5.41) is 8.44. The maximum Gasteiger partial charge on any atom is 0.306 e.